The fourth-order valence-electron chi connectivity index (χ4n) is 3.98. The molecule has 0 aromatic rings. The number of hydrogen-bond acceptors (Lipinski definition) is 3. The van der Waals surface area contributed by atoms with E-state index < -0.39 is 11.2 Å². The summed E-state index contributed by atoms with van der Waals surface area (Å²) in [6.07, 6.45) is 1.54. The maximum Gasteiger partial charge on any atom is 0.122 e. The van der Waals surface area contributed by atoms with E-state index in [4.69, 9.17) is 4.74 Å². The van der Waals surface area contributed by atoms with E-state index in [9.17, 15) is 10.2 Å². The van der Waals surface area contributed by atoms with Crippen LogP contribution in [-0.2, 0) is 4.74 Å². The largest absolute Gasteiger partial charge is 0.384 e. The molecule has 0 aromatic heterocycles. The predicted molar refractivity (Wildman–Crippen MR) is 71.3 cm³/mol. The van der Waals surface area contributed by atoms with Gasteiger partial charge in [0.25, 0.3) is 0 Å². The molecule has 2 rings (SSSR count). The van der Waals surface area contributed by atoms with Gasteiger partial charge in [-0.1, -0.05) is 41.5 Å². The minimum atomic E-state index is -1.09. The van der Waals surface area contributed by atoms with Crippen molar-refractivity contribution < 1.29 is 14.9 Å². The van der Waals surface area contributed by atoms with Crippen LogP contribution in [0.3, 0.4) is 0 Å². The van der Waals surface area contributed by atoms with Gasteiger partial charge in [0, 0.05) is 0 Å². The standard InChI is InChI=1S/C15H28O3/c1-12(2,3)10-14(16)8-7-9-15(14,17)11(18-10)13(4,5)6/h10-11,16-17H,7-9H2,1-6H3. The van der Waals surface area contributed by atoms with E-state index in [0.29, 0.717) is 12.8 Å². The molecule has 0 bridgehead atoms. The second-order valence-electron chi connectivity index (χ2n) is 8.33. The quantitative estimate of drug-likeness (QED) is 0.700. The van der Waals surface area contributed by atoms with Crippen LogP contribution in [-0.4, -0.2) is 33.6 Å². The van der Waals surface area contributed by atoms with Crippen molar-refractivity contribution in [1.82, 2.24) is 0 Å². The Labute approximate surface area is 111 Å². The Morgan fingerprint density at radius 3 is 1.44 bits per heavy atom. The van der Waals surface area contributed by atoms with E-state index in [2.05, 4.69) is 41.5 Å². The molecule has 0 amide bonds. The van der Waals surface area contributed by atoms with Gasteiger partial charge < -0.3 is 14.9 Å². The molecule has 0 spiro atoms. The number of fused-ring (bicyclic) bond motifs is 1. The molecule has 1 heterocycles. The summed E-state index contributed by atoms with van der Waals surface area (Å²) in [6, 6.07) is 0. The van der Waals surface area contributed by atoms with Crippen LogP contribution in [0.5, 0.6) is 0 Å². The first-order chi connectivity index (χ1) is 7.93. The van der Waals surface area contributed by atoms with Crippen molar-refractivity contribution in [2.24, 2.45) is 10.8 Å². The highest BCUT2D eigenvalue weighted by molar-refractivity contribution is 5.21. The molecule has 4 atom stereocenters. The number of aliphatic hydroxyl groups is 2. The summed E-state index contributed by atoms with van der Waals surface area (Å²) in [6.45, 7) is 12.4. The van der Waals surface area contributed by atoms with E-state index in [1.54, 1.807) is 0 Å². The van der Waals surface area contributed by atoms with Gasteiger partial charge in [0.05, 0.1) is 12.2 Å². The zero-order valence-corrected chi connectivity index (χ0v) is 12.6. The second kappa shape index (κ2) is 3.71. The molecule has 0 radical (unpaired) electrons. The number of rotatable bonds is 0. The molecule has 2 aliphatic rings. The van der Waals surface area contributed by atoms with Gasteiger partial charge in [-0.25, -0.2) is 0 Å². The Bertz CT molecular complexity index is 307. The van der Waals surface area contributed by atoms with E-state index in [0.717, 1.165) is 6.42 Å². The SMILES string of the molecule is CC(C)(C)C1OC(C(C)(C)C)C2(O)CCCC12O. The van der Waals surface area contributed by atoms with Crippen molar-refractivity contribution in [1.29, 1.82) is 0 Å². The molecule has 3 nitrogen and oxygen atoms in total. The van der Waals surface area contributed by atoms with Crippen LogP contribution >= 0.6 is 0 Å². The third kappa shape index (κ3) is 1.75. The monoisotopic (exact) mass is 256 g/mol. The van der Waals surface area contributed by atoms with E-state index in [1.807, 2.05) is 0 Å². The van der Waals surface area contributed by atoms with E-state index in [-0.39, 0.29) is 23.0 Å². The minimum Gasteiger partial charge on any atom is -0.384 e. The predicted octanol–water partition coefficient (Wildman–Crippen LogP) is 2.49. The first kappa shape index (κ1) is 14.3. The topological polar surface area (TPSA) is 49.7 Å². The fraction of sp³-hybridized carbons (Fsp3) is 1.00. The van der Waals surface area contributed by atoms with Crippen molar-refractivity contribution in [2.45, 2.75) is 84.2 Å². The number of ether oxygens (including phenoxy) is 1. The summed E-state index contributed by atoms with van der Waals surface area (Å²) in [4.78, 5) is 0. The van der Waals surface area contributed by atoms with Crippen LogP contribution in [0.1, 0.15) is 60.8 Å². The zero-order valence-electron chi connectivity index (χ0n) is 12.6. The first-order valence-corrected chi connectivity index (χ1v) is 7.03. The van der Waals surface area contributed by atoms with Gasteiger partial charge in [-0.05, 0) is 30.1 Å². The molecule has 2 fully saturated rings. The Morgan fingerprint density at radius 2 is 1.17 bits per heavy atom. The maximum atomic E-state index is 11.0. The molecule has 3 heteroatoms. The molecule has 18 heavy (non-hydrogen) atoms. The minimum absolute atomic E-state index is 0.174. The third-order valence-electron chi connectivity index (χ3n) is 4.58. The number of hydrogen-bond donors (Lipinski definition) is 2. The molecule has 1 saturated carbocycles. The molecular weight excluding hydrogens is 228 g/mol. The summed E-state index contributed by atoms with van der Waals surface area (Å²) >= 11 is 0. The zero-order chi connectivity index (χ0) is 14.0. The lowest BCUT2D eigenvalue weighted by molar-refractivity contribution is -0.141. The Kier molecular flexibility index (Phi) is 2.94. The average Bonchev–Trinajstić information content (AvgIpc) is 2.49. The highest BCUT2D eigenvalue weighted by atomic mass is 16.6. The smallest absolute Gasteiger partial charge is 0.122 e. The molecule has 4 unspecified atom stereocenters. The summed E-state index contributed by atoms with van der Waals surface area (Å²) in [5, 5.41) is 22.1. The molecule has 106 valence electrons. The molecule has 0 aromatic carbocycles. The van der Waals surface area contributed by atoms with Gasteiger partial charge in [-0.15, -0.1) is 0 Å². The summed E-state index contributed by atoms with van der Waals surface area (Å²) < 4.78 is 6.16. The van der Waals surface area contributed by atoms with Gasteiger partial charge in [0.2, 0.25) is 0 Å². The van der Waals surface area contributed by atoms with Crippen molar-refractivity contribution in [3.8, 4) is 0 Å². The van der Waals surface area contributed by atoms with Crippen LogP contribution in [0.15, 0.2) is 0 Å². The summed E-state index contributed by atoms with van der Waals surface area (Å²) in [7, 11) is 0. The normalized spacial score (nSPS) is 45.3. The molecule has 1 saturated heterocycles. The Morgan fingerprint density at radius 1 is 0.833 bits per heavy atom. The van der Waals surface area contributed by atoms with Gasteiger partial charge in [0.15, 0.2) is 0 Å². The highest BCUT2D eigenvalue weighted by Crippen LogP contribution is 2.58. The molecular formula is C15H28O3. The van der Waals surface area contributed by atoms with Crippen LogP contribution in [0.25, 0.3) is 0 Å². The first-order valence-electron chi connectivity index (χ1n) is 7.03. The fourth-order valence-corrected chi connectivity index (χ4v) is 3.98. The van der Waals surface area contributed by atoms with Gasteiger partial charge in [-0.2, -0.15) is 0 Å². The van der Waals surface area contributed by atoms with Crippen molar-refractivity contribution in [3.05, 3.63) is 0 Å². The van der Waals surface area contributed by atoms with Gasteiger partial charge in [-0.3, -0.25) is 0 Å². The van der Waals surface area contributed by atoms with Gasteiger partial charge in [0.1, 0.15) is 11.2 Å². The highest BCUT2D eigenvalue weighted by Gasteiger charge is 2.71. The summed E-state index contributed by atoms with van der Waals surface area (Å²) in [5.41, 5.74) is -2.54. The maximum absolute atomic E-state index is 11.0. The molecule has 1 aliphatic heterocycles. The average molecular weight is 256 g/mol. The molecule has 1 aliphatic carbocycles. The third-order valence-corrected chi connectivity index (χ3v) is 4.58. The lowest BCUT2D eigenvalue weighted by atomic mass is 9.69. The van der Waals surface area contributed by atoms with Gasteiger partial charge >= 0.3 is 0 Å². The van der Waals surface area contributed by atoms with Crippen molar-refractivity contribution in [3.63, 3.8) is 0 Å². The summed E-state index contributed by atoms with van der Waals surface area (Å²) in [5.74, 6) is 0. The van der Waals surface area contributed by atoms with Crippen LogP contribution in [0.2, 0.25) is 0 Å². The van der Waals surface area contributed by atoms with Crippen LogP contribution in [0, 0.1) is 10.8 Å². The van der Waals surface area contributed by atoms with Crippen molar-refractivity contribution >= 4 is 0 Å². The Balaban J connectivity index is 2.46. The van der Waals surface area contributed by atoms with E-state index in [1.165, 1.54) is 0 Å². The van der Waals surface area contributed by atoms with E-state index >= 15 is 0 Å². The Hall–Kier alpha value is -0.120. The molecule has 2 N–H and O–H groups in total. The van der Waals surface area contributed by atoms with Crippen molar-refractivity contribution in [2.75, 3.05) is 0 Å². The lowest BCUT2D eigenvalue weighted by Gasteiger charge is -2.41. The lowest BCUT2D eigenvalue weighted by Crippen LogP contribution is -2.59. The van der Waals surface area contributed by atoms with Crippen LogP contribution < -0.4 is 0 Å². The second-order valence-corrected chi connectivity index (χ2v) is 8.33. The van der Waals surface area contributed by atoms with Crippen LogP contribution in [0.4, 0.5) is 0 Å².